The molecule has 1 aliphatic rings. The number of nitrogens with zero attached hydrogens (tertiary/aromatic N) is 1. The minimum atomic E-state index is -0.817. The summed E-state index contributed by atoms with van der Waals surface area (Å²) in [5.74, 6) is -1.59. The number of carbonyl (C=O) groups excluding carboxylic acids is 1. The van der Waals surface area contributed by atoms with E-state index in [0.717, 1.165) is 6.07 Å². The van der Waals surface area contributed by atoms with E-state index >= 15 is 0 Å². The van der Waals surface area contributed by atoms with Gasteiger partial charge in [-0.25, -0.2) is 8.78 Å². The quantitative estimate of drug-likeness (QED) is 0.777. The van der Waals surface area contributed by atoms with Crippen LogP contribution in [0.2, 0.25) is 0 Å². The number of hydrogen-bond donors (Lipinski definition) is 0. The second-order valence-corrected chi connectivity index (χ2v) is 4.31. The molecule has 1 unspecified atom stereocenters. The van der Waals surface area contributed by atoms with Gasteiger partial charge in [0.15, 0.2) is 11.6 Å². The van der Waals surface area contributed by atoms with Crippen LogP contribution < -0.4 is 0 Å². The predicted molar refractivity (Wildman–Crippen MR) is 60.6 cm³/mol. The zero-order chi connectivity index (χ0) is 12.4. The van der Waals surface area contributed by atoms with Crippen LogP contribution in [-0.4, -0.2) is 23.9 Å². The molecule has 2 rings (SSSR count). The minimum absolute atomic E-state index is 0.0941. The van der Waals surface area contributed by atoms with Gasteiger partial charge < -0.3 is 4.90 Å². The van der Waals surface area contributed by atoms with Gasteiger partial charge in [-0.2, -0.15) is 0 Å². The van der Waals surface area contributed by atoms with Gasteiger partial charge >= 0.3 is 0 Å². The van der Waals surface area contributed by atoms with Crippen molar-refractivity contribution in [2.75, 3.05) is 13.1 Å². The van der Waals surface area contributed by atoms with E-state index in [9.17, 15) is 13.6 Å². The molecule has 1 atom stereocenters. The van der Waals surface area contributed by atoms with E-state index in [1.54, 1.807) is 11.0 Å². The van der Waals surface area contributed by atoms with Crippen LogP contribution >= 0.6 is 0 Å². The van der Waals surface area contributed by atoms with Gasteiger partial charge in [-0.05, 0) is 25.0 Å². The maximum atomic E-state index is 13.6. The van der Waals surface area contributed by atoms with E-state index in [2.05, 4.69) is 0 Å². The van der Waals surface area contributed by atoms with Crippen LogP contribution in [0.1, 0.15) is 31.2 Å². The summed E-state index contributed by atoms with van der Waals surface area (Å²) in [4.78, 5) is 13.2. The molecule has 0 bridgehead atoms. The Kier molecular flexibility index (Phi) is 3.41. The molecule has 2 nitrogen and oxygen atoms in total. The lowest BCUT2D eigenvalue weighted by atomic mass is 9.90. The largest absolute Gasteiger partial charge is 0.342 e. The Labute approximate surface area is 99.2 Å². The molecule has 4 heteroatoms. The minimum Gasteiger partial charge on any atom is -0.342 e. The van der Waals surface area contributed by atoms with Crippen molar-refractivity contribution < 1.29 is 13.6 Å². The molecular weight excluding hydrogens is 224 g/mol. The molecule has 0 radical (unpaired) electrons. The Morgan fingerprint density at radius 2 is 2.18 bits per heavy atom. The normalized spacial score (nSPS) is 20.8. The van der Waals surface area contributed by atoms with Crippen molar-refractivity contribution in [2.24, 2.45) is 0 Å². The van der Waals surface area contributed by atoms with E-state index in [0.29, 0.717) is 31.5 Å². The van der Waals surface area contributed by atoms with Gasteiger partial charge in [-0.1, -0.05) is 12.1 Å². The van der Waals surface area contributed by atoms with Crippen LogP contribution in [0.15, 0.2) is 18.2 Å². The van der Waals surface area contributed by atoms with E-state index in [1.807, 2.05) is 6.92 Å². The zero-order valence-electron chi connectivity index (χ0n) is 9.75. The Bertz CT molecular complexity index is 433. The number of carbonyl (C=O) groups is 1. The Balaban J connectivity index is 2.23. The van der Waals surface area contributed by atoms with Crippen LogP contribution in [0.3, 0.4) is 0 Å². The second kappa shape index (κ2) is 4.82. The lowest BCUT2D eigenvalue weighted by molar-refractivity contribution is -0.133. The SMILES string of the molecule is CCN1CC(c2cccc(F)c2F)CCC1=O. The summed E-state index contributed by atoms with van der Waals surface area (Å²) in [5, 5.41) is 0. The summed E-state index contributed by atoms with van der Waals surface area (Å²) in [5.41, 5.74) is 0.385. The monoisotopic (exact) mass is 239 g/mol. The summed E-state index contributed by atoms with van der Waals surface area (Å²) in [6, 6.07) is 4.23. The third-order valence-electron chi connectivity index (χ3n) is 3.30. The van der Waals surface area contributed by atoms with Crippen molar-refractivity contribution in [3.05, 3.63) is 35.4 Å². The highest BCUT2D eigenvalue weighted by Gasteiger charge is 2.27. The fourth-order valence-electron chi connectivity index (χ4n) is 2.31. The highest BCUT2D eigenvalue weighted by molar-refractivity contribution is 5.77. The highest BCUT2D eigenvalue weighted by Crippen LogP contribution is 2.29. The van der Waals surface area contributed by atoms with Crippen LogP contribution in [0.5, 0.6) is 0 Å². The third kappa shape index (κ3) is 2.30. The standard InChI is InChI=1S/C13H15F2NO/c1-2-16-8-9(6-7-12(16)17)10-4-3-5-11(14)13(10)15/h3-5,9H,2,6-8H2,1H3. The van der Waals surface area contributed by atoms with Crippen molar-refractivity contribution in [3.8, 4) is 0 Å². The molecule has 1 saturated heterocycles. The molecule has 1 heterocycles. The van der Waals surface area contributed by atoms with Gasteiger partial charge in [0.1, 0.15) is 0 Å². The van der Waals surface area contributed by atoms with Crippen molar-refractivity contribution in [1.82, 2.24) is 4.90 Å². The van der Waals surface area contributed by atoms with E-state index < -0.39 is 11.6 Å². The van der Waals surface area contributed by atoms with E-state index in [1.165, 1.54) is 6.07 Å². The number of amides is 1. The molecule has 0 aromatic heterocycles. The first-order chi connectivity index (χ1) is 8.13. The van der Waals surface area contributed by atoms with Gasteiger partial charge in [-0.3, -0.25) is 4.79 Å². The molecule has 1 amide bonds. The number of likely N-dealkylation sites (N-methyl/N-ethyl adjacent to an activating group) is 1. The number of benzene rings is 1. The van der Waals surface area contributed by atoms with E-state index in [-0.39, 0.29) is 11.8 Å². The van der Waals surface area contributed by atoms with Crippen LogP contribution in [0, 0.1) is 11.6 Å². The fourth-order valence-corrected chi connectivity index (χ4v) is 2.31. The Morgan fingerprint density at radius 1 is 1.41 bits per heavy atom. The molecule has 1 fully saturated rings. The molecule has 0 aliphatic carbocycles. The first-order valence-electron chi connectivity index (χ1n) is 5.85. The average molecular weight is 239 g/mol. The Morgan fingerprint density at radius 3 is 2.88 bits per heavy atom. The summed E-state index contributed by atoms with van der Waals surface area (Å²) in [7, 11) is 0. The Hall–Kier alpha value is -1.45. The number of halogens is 2. The van der Waals surface area contributed by atoms with Gasteiger partial charge in [0.05, 0.1) is 0 Å². The summed E-state index contributed by atoms with van der Waals surface area (Å²) < 4.78 is 26.8. The maximum absolute atomic E-state index is 13.6. The first-order valence-corrected chi connectivity index (χ1v) is 5.85. The van der Waals surface area contributed by atoms with Crippen molar-refractivity contribution in [3.63, 3.8) is 0 Å². The van der Waals surface area contributed by atoms with Gasteiger partial charge in [-0.15, -0.1) is 0 Å². The molecule has 0 saturated carbocycles. The van der Waals surface area contributed by atoms with Crippen LogP contribution in [0.4, 0.5) is 8.78 Å². The van der Waals surface area contributed by atoms with Gasteiger partial charge in [0, 0.05) is 25.4 Å². The van der Waals surface area contributed by atoms with Crippen LogP contribution in [0.25, 0.3) is 0 Å². The second-order valence-electron chi connectivity index (χ2n) is 4.31. The average Bonchev–Trinajstić information content (AvgIpc) is 2.34. The van der Waals surface area contributed by atoms with Gasteiger partial charge in [0.2, 0.25) is 5.91 Å². The number of likely N-dealkylation sites (tertiary alicyclic amines) is 1. The van der Waals surface area contributed by atoms with Crippen molar-refractivity contribution in [2.45, 2.75) is 25.7 Å². The fraction of sp³-hybridized carbons (Fsp3) is 0.462. The molecule has 1 aromatic carbocycles. The van der Waals surface area contributed by atoms with Crippen LogP contribution in [-0.2, 0) is 4.79 Å². The molecular formula is C13H15F2NO. The lowest BCUT2D eigenvalue weighted by Crippen LogP contribution is -2.39. The molecule has 0 N–H and O–H groups in total. The lowest BCUT2D eigenvalue weighted by Gasteiger charge is -2.32. The smallest absolute Gasteiger partial charge is 0.222 e. The maximum Gasteiger partial charge on any atom is 0.222 e. The highest BCUT2D eigenvalue weighted by atomic mass is 19.2. The summed E-state index contributed by atoms with van der Waals surface area (Å²) in [6.07, 6.45) is 1.00. The first kappa shape index (κ1) is 12.0. The molecule has 1 aliphatic heterocycles. The summed E-state index contributed by atoms with van der Waals surface area (Å²) in [6.45, 7) is 2.99. The third-order valence-corrected chi connectivity index (χ3v) is 3.30. The number of hydrogen-bond acceptors (Lipinski definition) is 1. The zero-order valence-corrected chi connectivity index (χ0v) is 9.75. The molecule has 17 heavy (non-hydrogen) atoms. The van der Waals surface area contributed by atoms with Gasteiger partial charge in [0.25, 0.3) is 0 Å². The van der Waals surface area contributed by atoms with Crippen molar-refractivity contribution in [1.29, 1.82) is 0 Å². The number of rotatable bonds is 2. The molecule has 0 spiro atoms. The molecule has 1 aromatic rings. The topological polar surface area (TPSA) is 20.3 Å². The van der Waals surface area contributed by atoms with Crippen molar-refractivity contribution >= 4 is 5.91 Å². The van der Waals surface area contributed by atoms with E-state index in [4.69, 9.17) is 0 Å². The predicted octanol–water partition coefficient (Wildman–Crippen LogP) is 2.69. The molecule has 92 valence electrons. The number of piperidine rings is 1. The summed E-state index contributed by atoms with van der Waals surface area (Å²) >= 11 is 0.